The van der Waals surface area contributed by atoms with Crippen LogP contribution in [-0.4, -0.2) is 50.9 Å². The Kier molecular flexibility index (Phi) is 12.5. The third-order valence-electron chi connectivity index (χ3n) is 7.69. The molecule has 1 N–H and O–H groups in total. The Morgan fingerprint density at radius 2 is 1.51 bits per heavy atom. The highest BCUT2D eigenvalue weighted by Gasteiger charge is 2.35. The van der Waals surface area contributed by atoms with E-state index in [0.717, 1.165) is 28.3 Å². The normalized spacial score (nSPS) is 11.8. The molecule has 0 aliphatic rings. The summed E-state index contributed by atoms with van der Waals surface area (Å²) < 4.78 is 49.3. The Bertz CT molecular complexity index is 1720. The molecular formula is C37H42FN3O5S. The molecule has 4 aromatic carbocycles. The van der Waals surface area contributed by atoms with Crippen molar-refractivity contribution in [1.82, 2.24) is 10.2 Å². The summed E-state index contributed by atoms with van der Waals surface area (Å²) in [5.74, 6) is -1.11. The topological polar surface area (TPSA) is 96.0 Å². The quantitative estimate of drug-likeness (QED) is 0.143. The van der Waals surface area contributed by atoms with Crippen molar-refractivity contribution in [2.24, 2.45) is 0 Å². The van der Waals surface area contributed by atoms with Crippen molar-refractivity contribution in [2.45, 2.75) is 57.5 Å². The number of anilines is 1. The molecule has 4 aromatic rings. The van der Waals surface area contributed by atoms with Crippen LogP contribution in [0, 0.1) is 12.7 Å². The maximum atomic E-state index is 14.6. The molecule has 4 rings (SSSR count). The number of halogens is 1. The summed E-state index contributed by atoms with van der Waals surface area (Å²) in [7, 11) is -4.29. The Balaban J connectivity index is 1.82. The molecule has 10 heteroatoms. The first-order valence-electron chi connectivity index (χ1n) is 15.8. The summed E-state index contributed by atoms with van der Waals surface area (Å²) in [6.45, 7) is 5.69. The molecule has 8 nitrogen and oxygen atoms in total. The Hall–Kier alpha value is -4.70. The Labute approximate surface area is 277 Å². The van der Waals surface area contributed by atoms with E-state index < -0.39 is 34.3 Å². The molecule has 0 bridgehead atoms. The molecule has 0 radical (unpaired) electrons. The fourth-order valence-electron chi connectivity index (χ4n) is 5.14. The summed E-state index contributed by atoms with van der Waals surface area (Å²) in [5, 5.41) is 2.96. The van der Waals surface area contributed by atoms with Gasteiger partial charge in [0.2, 0.25) is 11.8 Å². The molecule has 0 spiro atoms. The lowest BCUT2D eigenvalue weighted by molar-refractivity contribution is -0.140. The zero-order chi connectivity index (χ0) is 33.8. The van der Waals surface area contributed by atoms with Gasteiger partial charge >= 0.3 is 0 Å². The predicted molar refractivity (Wildman–Crippen MR) is 182 cm³/mol. The van der Waals surface area contributed by atoms with E-state index in [2.05, 4.69) is 5.32 Å². The van der Waals surface area contributed by atoms with E-state index in [9.17, 15) is 22.4 Å². The SMILES string of the molecule is CCCCNC(=O)C(Cc1ccccc1)N(Cc1ccc(F)cc1)C(=O)CN(c1ccccc1OCC)S(=O)(=O)c1ccc(C)cc1. The van der Waals surface area contributed by atoms with Gasteiger partial charge in [0.25, 0.3) is 10.0 Å². The average Bonchev–Trinajstić information content (AvgIpc) is 3.07. The maximum absolute atomic E-state index is 14.6. The summed E-state index contributed by atoms with van der Waals surface area (Å²) in [4.78, 5) is 29.8. The smallest absolute Gasteiger partial charge is 0.264 e. The van der Waals surface area contributed by atoms with E-state index in [1.54, 1.807) is 55.5 Å². The zero-order valence-corrected chi connectivity index (χ0v) is 27.9. The summed E-state index contributed by atoms with van der Waals surface area (Å²) in [6.07, 6.45) is 1.81. The van der Waals surface area contributed by atoms with Crippen LogP contribution in [0.5, 0.6) is 5.75 Å². The molecule has 0 fully saturated rings. The molecular weight excluding hydrogens is 617 g/mol. The first-order valence-corrected chi connectivity index (χ1v) is 17.2. The van der Waals surface area contributed by atoms with Gasteiger partial charge in [-0.05, 0) is 67.8 Å². The number of para-hydroxylation sites is 2. The third-order valence-corrected chi connectivity index (χ3v) is 9.46. The standard InChI is InChI=1S/C37H42FN3O5S/c1-4-6-24-39-37(43)34(25-29-12-8-7-9-13-29)40(26-30-18-20-31(38)21-19-30)36(42)27-41(33-14-10-11-15-35(33)46-5-2)47(44,45)32-22-16-28(3)17-23-32/h7-23,34H,4-6,24-27H2,1-3H3,(H,39,43). The number of hydrogen-bond acceptors (Lipinski definition) is 5. The summed E-state index contributed by atoms with van der Waals surface area (Å²) in [6, 6.07) is 27.0. The maximum Gasteiger partial charge on any atom is 0.264 e. The van der Waals surface area contributed by atoms with Gasteiger partial charge in [-0.25, -0.2) is 12.8 Å². The molecule has 0 saturated heterocycles. The van der Waals surface area contributed by atoms with Crippen molar-refractivity contribution < 1.29 is 27.1 Å². The second-order valence-electron chi connectivity index (χ2n) is 11.2. The number of sulfonamides is 1. The Morgan fingerprint density at radius 1 is 0.851 bits per heavy atom. The predicted octanol–water partition coefficient (Wildman–Crippen LogP) is 6.28. The van der Waals surface area contributed by atoms with Crippen molar-refractivity contribution in [3.63, 3.8) is 0 Å². The van der Waals surface area contributed by atoms with Gasteiger partial charge in [0.05, 0.1) is 17.2 Å². The second kappa shape index (κ2) is 16.7. The number of aryl methyl sites for hydroxylation is 1. The molecule has 1 atom stereocenters. The highest BCUT2D eigenvalue weighted by atomic mass is 32.2. The van der Waals surface area contributed by atoms with Crippen molar-refractivity contribution in [2.75, 3.05) is 24.0 Å². The number of unbranched alkanes of at least 4 members (excludes halogenated alkanes) is 1. The number of carbonyl (C=O) groups excluding carboxylic acids is 2. The summed E-state index contributed by atoms with van der Waals surface area (Å²) >= 11 is 0. The van der Waals surface area contributed by atoms with E-state index in [-0.39, 0.29) is 36.1 Å². The van der Waals surface area contributed by atoms with Crippen molar-refractivity contribution in [3.8, 4) is 5.75 Å². The van der Waals surface area contributed by atoms with Crippen LogP contribution in [0.15, 0.2) is 108 Å². The van der Waals surface area contributed by atoms with Crippen molar-refractivity contribution in [3.05, 3.63) is 126 Å². The minimum absolute atomic E-state index is 0.00503. The number of nitrogens with zero attached hydrogens (tertiary/aromatic N) is 2. The van der Waals surface area contributed by atoms with Gasteiger partial charge < -0.3 is 15.0 Å². The van der Waals surface area contributed by atoms with Crippen molar-refractivity contribution in [1.29, 1.82) is 0 Å². The third kappa shape index (κ3) is 9.42. The number of carbonyl (C=O) groups is 2. The Morgan fingerprint density at radius 3 is 2.17 bits per heavy atom. The van der Waals surface area contributed by atoms with Crippen molar-refractivity contribution >= 4 is 27.5 Å². The van der Waals surface area contributed by atoms with Gasteiger partial charge in [0.1, 0.15) is 24.2 Å². The largest absolute Gasteiger partial charge is 0.492 e. The van der Waals surface area contributed by atoms with Crippen LogP contribution in [0.4, 0.5) is 10.1 Å². The number of amides is 2. The van der Waals surface area contributed by atoms with E-state index in [0.29, 0.717) is 17.9 Å². The van der Waals surface area contributed by atoms with Crippen LogP contribution in [0.25, 0.3) is 0 Å². The van der Waals surface area contributed by atoms with Gasteiger partial charge in [-0.15, -0.1) is 0 Å². The van der Waals surface area contributed by atoms with Crippen LogP contribution in [0.3, 0.4) is 0 Å². The zero-order valence-electron chi connectivity index (χ0n) is 27.1. The first-order chi connectivity index (χ1) is 22.6. The monoisotopic (exact) mass is 659 g/mol. The van der Waals surface area contributed by atoms with Crippen LogP contribution in [0.1, 0.15) is 43.4 Å². The number of nitrogens with one attached hydrogen (secondary N) is 1. The van der Waals surface area contributed by atoms with Gasteiger partial charge in [0, 0.05) is 19.5 Å². The molecule has 0 saturated carbocycles. The molecule has 47 heavy (non-hydrogen) atoms. The van der Waals surface area contributed by atoms with E-state index in [4.69, 9.17) is 4.74 Å². The first kappa shape index (κ1) is 35.2. The van der Waals surface area contributed by atoms with Gasteiger partial charge in [-0.3, -0.25) is 13.9 Å². The van der Waals surface area contributed by atoms with Gasteiger partial charge in [0.15, 0.2) is 0 Å². The minimum atomic E-state index is -4.29. The number of benzene rings is 4. The molecule has 0 aliphatic carbocycles. The highest BCUT2D eigenvalue weighted by Crippen LogP contribution is 2.33. The highest BCUT2D eigenvalue weighted by molar-refractivity contribution is 7.92. The van der Waals surface area contributed by atoms with E-state index in [1.807, 2.05) is 44.2 Å². The van der Waals surface area contributed by atoms with Gasteiger partial charge in [-0.1, -0.05) is 85.6 Å². The summed E-state index contributed by atoms with van der Waals surface area (Å²) in [5.41, 5.74) is 2.48. The fraction of sp³-hybridized carbons (Fsp3) is 0.297. The lowest BCUT2D eigenvalue weighted by atomic mass is 10.0. The van der Waals surface area contributed by atoms with Crippen LogP contribution >= 0.6 is 0 Å². The van der Waals surface area contributed by atoms with Crippen LogP contribution in [-0.2, 0) is 32.6 Å². The number of rotatable bonds is 16. The van der Waals surface area contributed by atoms with Crippen LogP contribution in [0.2, 0.25) is 0 Å². The van der Waals surface area contributed by atoms with Gasteiger partial charge in [-0.2, -0.15) is 0 Å². The molecule has 1 unspecified atom stereocenters. The molecule has 2 amide bonds. The number of hydrogen-bond donors (Lipinski definition) is 1. The number of ether oxygens (including phenoxy) is 1. The lowest BCUT2D eigenvalue weighted by Gasteiger charge is -2.34. The van der Waals surface area contributed by atoms with E-state index in [1.165, 1.54) is 29.2 Å². The van der Waals surface area contributed by atoms with E-state index >= 15 is 0 Å². The lowest BCUT2D eigenvalue weighted by Crippen LogP contribution is -2.53. The fourth-order valence-corrected chi connectivity index (χ4v) is 6.56. The minimum Gasteiger partial charge on any atom is -0.492 e. The molecule has 0 aliphatic heterocycles. The van der Waals surface area contributed by atoms with Crippen LogP contribution < -0.4 is 14.4 Å². The molecule has 248 valence electrons. The average molecular weight is 660 g/mol. The molecule has 0 heterocycles. The second-order valence-corrected chi connectivity index (χ2v) is 13.1. The molecule has 0 aromatic heterocycles.